The minimum absolute atomic E-state index is 0.00158. The topological polar surface area (TPSA) is 54.4 Å². The van der Waals surface area contributed by atoms with Crippen molar-refractivity contribution in [2.24, 2.45) is 10.9 Å². The lowest BCUT2D eigenvalue weighted by Crippen LogP contribution is -2.57. The molecule has 28 heavy (non-hydrogen) atoms. The zero-order valence-electron chi connectivity index (χ0n) is 18.2. The van der Waals surface area contributed by atoms with E-state index in [1.807, 2.05) is 4.90 Å². The number of likely N-dealkylation sites (tertiary alicyclic amines) is 2. The van der Waals surface area contributed by atoms with Gasteiger partial charge in [-0.2, -0.15) is 0 Å². The molecule has 2 unspecified atom stereocenters. The predicted molar refractivity (Wildman–Crippen MR) is 115 cm³/mol. The molecule has 0 aromatic rings. The van der Waals surface area contributed by atoms with E-state index < -0.39 is 0 Å². The molecule has 3 aliphatic rings. The number of rotatable bonds is 6. The van der Waals surface area contributed by atoms with E-state index in [-0.39, 0.29) is 6.04 Å². The van der Waals surface area contributed by atoms with Crippen molar-refractivity contribution < 1.29 is 4.79 Å². The molecule has 7 heteroatoms. The molecule has 0 aliphatic carbocycles. The lowest BCUT2D eigenvalue weighted by molar-refractivity contribution is -0.135. The molecule has 1 N–H and O–H groups in total. The standard InChI is InChI=1S/C21H40N6O/c1-4-22-21(23-16-19-8-11-24(5-2)17-19)27-14-12-25(13-15-27)18(3)20(28)26-9-6-7-10-26/h18-19H,4-17H2,1-3H3,(H,22,23). The molecule has 1 amide bonds. The molecule has 160 valence electrons. The summed E-state index contributed by atoms with van der Waals surface area (Å²) in [5, 5.41) is 3.48. The van der Waals surface area contributed by atoms with Gasteiger partial charge in [-0.15, -0.1) is 0 Å². The van der Waals surface area contributed by atoms with Gasteiger partial charge in [0.15, 0.2) is 5.96 Å². The third-order valence-electron chi connectivity index (χ3n) is 6.59. The second kappa shape index (κ2) is 10.4. The Balaban J connectivity index is 1.49. The highest BCUT2D eigenvalue weighted by molar-refractivity contribution is 5.82. The van der Waals surface area contributed by atoms with Gasteiger partial charge < -0.3 is 20.0 Å². The highest BCUT2D eigenvalue weighted by Crippen LogP contribution is 2.17. The fourth-order valence-electron chi connectivity index (χ4n) is 4.67. The summed E-state index contributed by atoms with van der Waals surface area (Å²) in [4.78, 5) is 26.9. The maximum Gasteiger partial charge on any atom is 0.239 e. The van der Waals surface area contributed by atoms with E-state index in [1.54, 1.807) is 0 Å². The number of hydrogen-bond acceptors (Lipinski definition) is 4. The van der Waals surface area contributed by atoms with Gasteiger partial charge in [0.2, 0.25) is 5.91 Å². The second-order valence-corrected chi connectivity index (χ2v) is 8.47. The molecule has 3 saturated heterocycles. The molecule has 0 saturated carbocycles. The molecule has 3 rings (SSSR count). The van der Waals surface area contributed by atoms with Crippen molar-refractivity contribution >= 4 is 11.9 Å². The molecule has 3 fully saturated rings. The van der Waals surface area contributed by atoms with Crippen molar-refractivity contribution in [2.75, 3.05) is 72.0 Å². The molecular weight excluding hydrogens is 352 g/mol. The molecule has 0 spiro atoms. The van der Waals surface area contributed by atoms with Gasteiger partial charge in [0.1, 0.15) is 0 Å². The summed E-state index contributed by atoms with van der Waals surface area (Å²) in [6, 6.07) is -0.00158. The van der Waals surface area contributed by atoms with Crippen LogP contribution in [0.15, 0.2) is 4.99 Å². The van der Waals surface area contributed by atoms with Crippen LogP contribution in [0.3, 0.4) is 0 Å². The normalized spacial score (nSPS) is 26.1. The number of aliphatic imine (C=N–C) groups is 1. The van der Waals surface area contributed by atoms with Crippen molar-refractivity contribution in [1.29, 1.82) is 0 Å². The maximum atomic E-state index is 12.7. The number of nitrogens with zero attached hydrogens (tertiary/aromatic N) is 5. The maximum absolute atomic E-state index is 12.7. The summed E-state index contributed by atoms with van der Waals surface area (Å²) in [5.74, 6) is 2.05. The third kappa shape index (κ3) is 5.38. The third-order valence-corrected chi connectivity index (χ3v) is 6.59. The molecule has 3 heterocycles. The summed E-state index contributed by atoms with van der Waals surface area (Å²) < 4.78 is 0. The van der Waals surface area contributed by atoms with Gasteiger partial charge in [0.25, 0.3) is 0 Å². The molecule has 0 radical (unpaired) electrons. The number of guanidine groups is 1. The van der Waals surface area contributed by atoms with E-state index in [9.17, 15) is 4.79 Å². The van der Waals surface area contributed by atoms with Crippen LogP contribution in [0.1, 0.15) is 40.0 Å². The van der Waals surface area contributed by atoms with Crippen LogP contribution in [0.25, 0.3) is 0 Å². The zero-order valence-corrected chi connectivity index (χ0v) is 18.2. The van der Waals surface area contributed by atoms with Gasteiger partial charge in [-0.05, 0) is 52.1 Å². The SMILES string of the molecule is CCNC(=NCC1CCN(CC)C1)N1CCN(C(C)C(=O)N2CCCC2)CC1. The first-order chi connectivity index (χ1) is 13.6. The van der Waals surface area contributed by atoms with Crippen LogP contribution < -0.4 is 5.32 Å². The van der Waals surface area contributed by atoms with E-state index in [1.165, 1.54) is 19.5 Å². The van der Waals surface area contributed by atoms with Crippen molar-refractivity contribution in [1.82, 2.24) is 24.9 Å². The Labute approximate surface area is 171 Å². The Morgan fingerprint density at radius 1 is 1.04 bits per heavy atom. The number of carbonyl (C=O) groups is 1. The van der Waals surface area contributed by atoms with Crippen LogP contribution in [0.2, 0.25) is 0 Å². The van der Waals surface area contributed by atoms with Crippen LogP contribution in [0, 0.1) is 5.92 Å². The average Bonchev–Trinajstić information content (AvgIpc) is 3.42. The van der Waals surface area contributed by atoms with E-state index in [2.05, 4.69) is 40.8 Å². The average molecular weight is 393 g/mol. The predicted octanol–water partition coefficient (Wildman–Crippen LogP) is 0.922. The second-order valence-electron chi connectivity index (χ2n) is 8.47. The van der Waals surface area contributed by atoms with Gasteiger partial charge in [0.05, 0.1) is 6.04 Å². The largest absolute Gasteiger partial charge is 0.357 e. The number of hydrogen-bond donors (Lipinski definition) is 1. The van der Waals surface area contributed by atoms with E-state index in [4.69, 9.17) is 4.99 Å². The van der Waals surface area contributed by atoms with Gasteiger partial charge in [-0.1, -0.05) is 6.92 Å². The zero-order chi connectivity index (χ0) is 19.9. The molecule has 0 bridgehead atoms. The summed E-state index contributed by atoms with van der Waals surface area (Å²) in [6.07, 6.45) is 3.58. The molecule has 0 aromatic carbocycles. The minimum atomic E-state index is -0.00158. The van der Waals surface area contributed by atoms with Crippen molar-refractivity contribution in [2.45, 2.75) is 46.1 Å². The molecule has 2 atom stereocenters. The fourth-order valence-corrected chi connectivity index (χ4v) is 4.67. The summed E-state index contributed by atoms with van der Waals surface area (Å²) in [6.45, 7) is 17.4. The Morgan fingerprint density at radius 3 is 2.36 bits per heavy atom. The summed E-state index contributed by atoms with van der Waals surface area (Å²) in [7, 11) is 0. The van der Waals surface area contributed by atoms with E-state index in [0.29, 0.717) is 11.8 Å². The lowest BCUT2D eigenvalue weighted by atomic mass is 10.1. The van der Waals surface area contributed by atoms with Crippen molar-refractivity contribution in [3.05, 3.63) is 0 Å². The fraction of sp³-hybridized carbons (Fsp3) is 0.905. The highest BCUT2D eigenvalue weighted by Gasteiger charge is 2.30. The van der Waals surface area contributed by atoms with Gasteiger partial charge in [0, 0.05) is 58.9 Å². The molecule has 3 aliphatic heterocycles. The monoisotopic (exact) mass is 392 g/mol. The van der Waals surface area contributed by atoms with Gasteiger partial charge in [-0.3, -0.25) is 14.7 Å². The van der Waals surface area contributed by atoms with Crippen LogP contribution in [0.5, 0.6) is 0 Å². The first-order valence-electron chi connectivity index (χ1n) is 11.4. The van der Waals surface area contributed by atoms with Crippen LogP contribution in [-0.4, -0.2) is 110 Å². The Morgan fingerprint density at radius 2 is 1.75 bits per heavy atom. The van der Waals surface area contributed by atoms with Crippen molar-refractivity contribution in [3.63, 3.8) is 0 Å². The van der Waals surface area contributed by atoms with Crippen LogP contribution in [-0.2, 0) is 4.79 Å². The Kier molecular flexibility index (Phi) is 7.97. The Bertz CT molecular complexity index is 525. The van der Waals surface area contributed by atoms with E-state index >= 15 is 0 Å². The summed E-state index contributed by atoms with van der Waals surface area (Å²) in [5.41, 5.74) is 0. The van der Waals surface area contributed by atoms with Crippen LogP contribution >= 0.6 is 0 Å². The minimum Gasteiger partial charge on any atom is -0.357 e. The first kappa shape index (κ1) is 21.4. The quantitative estimate of drug-likeness (QED) is 0.538. The number of piperazine rings is 1. The van der Waals surface area contributed by atoms with Crippen molar-refractivity contribution in [3.8, 4) is 0 Å². The first-order valence-corrected chi connectivity index (χ1v) is 11.4. The summed E-state index contributed by atoms with van der Waals surface area (Å²) >= 11 is 0. The van der Waals surface area contributed by atoms with Crippen LogP contribution in [0.4, 0.5) is 0 Å². The molecule has 0 aromatic heterocycles. The lowest BCUT2D eigenvalue weighted by Gasteiger charge is -2.39. The van der Waals surface area contributed by atoms with Gasteiger partial charge >= 0.3 is 0 Å². The number of nitrogens with one attached hydrogen (secondary N) is 1. The highest BCUT2D eigenvalue weighted by atomic mass is 16.2. The number of amides is 1. The molecule has 7 nitrogen and oxygen atoms in total. The molecular formula is C21H40N6O. The number of carbonyl (C=O) groups excluding carboxylic acids is 1. The van der Waals surface area contributed by atoms with Gasteiger partial charge in [-0.25, -0.2) is 0 Å². The Hall–Kier alpha value is -1.34. The smallest absolute Gasteiger partial charge is 0.239 e. The van der Waals surface area contributed by atoms with E-state index in [0.717, 1.165) is 77.7 Å².